The fourth-order valence-electron chi connectivity index (χ4n) is 2.60. The molecule has 4 rings (SSSR count). The fourth-order valence-corrected chi connectivity index (χ4v) is 3.36. The van der Waals surface area contributed by atoms with Crippen LogP contribution in [0.5, 0.6) is 5.75 Å². The molecule has 2 aromatic heterocycles. The minimum atomic E-state index is 0.222. The number of ether oxygens (including phenoxy) is 1. The molecule has 28 heavy (non-hydrogen) atoms. The van der Waals surface area contributed by atoms with E-state index in [4.69, 9.17) is 14.9 Å². The van der Waals surface area contributed by atoms with E-state index in [0.717, 1.165) is 22.6 Å². The minimum absolute atomic E-state index is 0.222. The zero-order valence-electron chi connectivity index (χ0n) is 15.5. The third-order valence-corrected chi connectivity index (χ3v) is 4.84. The van der Waals surface area contributed by atoms with Crippen molar-refractivity contribution in [2.24, 2.45) is 0 Å². The second-order valence-electron chi connectivity index (χ2n) is 6.09. The summed E-state index contributed by atoms with van der Waals surface area (Å²) in [6.45, 7) is 4.62. The third-order valence-electron chi connectivity index (χ3n) is 4.00. The van der Waals surface area contributed by atoms with Crippen molar-refractivity contribution in [3.8, 4) is 27.9 Å². The lowest BCUT2D eigenvalue weighted by Crippen LogP contribution is -1.92. The summed E-state index contributed by atoms with van der Waals surface area (Å²) >= 11 is 1.35. The molecule has 0 unspecified atom stereocenters. The zero-order chi connectivity index (χ0) is 19.5. The van der Waals surface area contributed by atoms with E-state index >= 15 is 0 Å². The Hall–Kier alpha value is -3.39. The molecule has 0 spiro atoms. The van der Waals surface area contributed by atoms with Crippen LogP contribution in [-0.2, 0) is 0 Å². The van der Waals surface area contributed by atoms with E-state index < -0.39 is 0 Å². The van der Waals surface area contributed by atoms with Crippen molar-refractivity contribution in [2.45, 2.75) is 13.8 Å². The van der Waals surface area contributed by atoms with Crippen LogP contribution in [0.15, 0.2) is 52.9 Å². The van der Waals surface area contributed by atoms with Gasteiger partial charge in [-0.25, -0.2) is 4.98 Å². The summed E-state index contributed by atoms with van der Waals surface area (Å²) in [6, 6.07) is 15.5. The van der Waals surface area contributed by atoms with Crippen molar-refractivity contribution in [2.75, 3.05) is 17.7 Å². The first kappa shape index (κ1) is 18.0. The summed E-state index contributed by atoms with van der Waals surface area (Å²) < 4.78 is 11.1. The lowest BCUT2D eigenvalue weighted by molar-refractivity contribution is 0.340. The summed E-state index contributed by atoms with van der Waals surface area (Å²) in [6.07, 6.45) is 0. The van der Waals surface area contributed by atoms with Crippen molar-refractivity contribution in [1.29, 1.82) is 0 Å². The van der Waals surface area contributed by atoms with Gasteiger partial charge in [0.15, 0.2) is 10.7 Å². The second kappa shape index (κ2) is 7.69. The van der Waals surface area contributed by atoms with E-state index in [1.807, 2.05) is 62.4 Å². The molecular formula is C20H19N5O2S. The average Bonchev–Trinajstić information content (AvgIpc) is 3.30. The van der Waals surface area contributed by atoms with Gasteiger partial charge in [0.2, 0.25) is 16.9 Å². The van der Waals surface area contributed by atoms with E-state index in [-0.39, 0.29) is 5.88 Å². The Morgan fingerprint density at radius 3 is 2.54 bits per heavy atom. The molecule has 0 amide bonds. The van der Waals surface area contributed by atoms with E-state index in [2.05, 4.69) is 20.5 Å². The second-order valence-corrected chi connectivity index (χ2v) is 7.07. The van der Waals surface area contributed by atoms with Crippen molar-refractivity contribution in [1.82, 2.24) is 15.2 Å². The van der Waals surface area contributed by atoms with Crippen LogP contribution in [0.2, 0.25) is 0 Å². The number of aryl methyl sites for hydroxylation is 1. The minimum Gasteiger partial charge on any atom is -0.494 e. The number of hydrogen-bond donors (Lipinski definition) is 2. The number of nitrogen functional groups attached to an aromatic ring is 1. The number of benzene rings is 2. The van der Waals surface area contributed by atoms with Gasteiger partial charge < -0.3 is 20.2 Å². The molecule has 0 saturated heterocycles. The van der Waals surface area contributed by atoms with Gasteiger partial charge in [0.1, 0.15) is 5.75 Å². The fraction of sp³-hybridized carbons (Fsp3) is 0.150. The molecule has 142 valence electrons. The molecule has 7 nitrogen and oxygen atoms in total. The van der Waals surface area contributed by atoms with Crippen LogP contribution in [0.3, 0.4) is 0 Å². The predicted octanol–water partition coefficient (Wildman–Crippen LogP) is 4.89. The molecule has 0 fully saturated rings. The van der Waals surface area contributed by atoms with E-state index in [1.54, 1.807) is 0 Å². The predicted molar refractivity (Wildman–Crippen MR) is 111 cm³/mol. The van der Waals surface area contributed by atoms with Crippen LogP contribution in [0, 0.1) is 6.92 Å². The lowest BCUT2D eigenvalue weighted by atomic mass is 10.1. The van der Waals surface area contributed by atoms with Crippen molar-refractivity contribution in [3.05, 3.63) is 54.1 Å². The van der Waals surface area contributed by atoms with Gasteiger partial charge in [0.25, 0.3) is 0 Å². The molecule has 8 heteroatoms. The SMILES string of the molecule is CCOc1ccc(Nc2nnc(-c3nc(-c4ccc(C)cc4)oc3N)s2)cc1. The Morgan fingerprint density at radius 2 is 1.82 bits per heavy atom. The molecule has 2 heterocycles. The number of nitrogens with zero attached hydrogens (tertiary/aromatic N) is 3. The number of aromatic nitrogens is 3. The quantitative estimate of drug-likeness (QED) is 0.481. The van der Waals surface area contributed by atoms with E-state index in [0.29, 0.717) is 28.3 Å². The molecule has 0 aliphatic carbocycles. The normalized spacial score (nSPS) is 10.8. The molecule has 0 bridgehead atoms. The Kier molecular flexibility index (Phi) is 4.94. The maximum Gasteiger partial charge on any atom is 0.229 e. The van der Waals surface area contributed by atoms with Crippen molar-refractivity contribution < 1.29 is 9.15 Å². The van der Waals surface area contributed by atoms with Gasteiger partial charge in [-0.15, -0.1) is 10.2 Å². The van der Waals surface area contributed by atoms with Gasteiger partial charge >= 0.3 is 0 Å². The summed E-state index contributed by atoms with van der Waals surface area (Å²) in [5, 5.41) is 12.8. The molecule has 0 atom stereocenters. The maximum absolute atomic E-state index is 6.02. The van der Waals surface area contributed by atoms with Gasteiger partial charge in [-0.2, -0.15) is 0 Å². The Bertz CT molecular complexity index is 1070. The van der Waals surface area contributed by atoms with Crippen LogP contribution in [-0.4, -0.2) is 21.8 Å². The number of oxazole rings is 1. The zero-order valence-corrected chi connectivity index (χ0v) is 16.3. The molecule has 2 aromatic carbocycles. The molecular weight excluding hydrogens is 374 g/mol. The maximum atomic E-state index is 6.02. The van der Waals surface area contributed by atoms with Crippen molar-refractivity contribution >= 4 is 28.0 Å². The summed E-state index contributed by atoms with van der Waals surface area (Å²) in [5.74, 6) is 1.51. The molecule has 3 N–H and O–H groups in total. The molecule has 4 aromatic rings. The number of rotatable bonds is 6. The number of nitrogens with one attached hydrogen (secondary N) is 1. The van der Waals surface area contributed by atoms with Crippen molar-refractivity contribution in [3.63, 3.8) is 0 Å². The highest BCUT2D eigenvalue weighted by Gasteiger charge is 2.18. The largest absolute Gasteiger partial charge is 0.494 e. The first-order chi connectivity index (χ1) is 13.6. The van der Waals surface area contributed by atoms with E-state index in [1.165, 1.54) is 11.3 Å². The monoisotopic (exact) mass is 393 g/mol. The molecule has 0 aliphatic rings. The first-order valence-corrected chi connectivity index (χ1v) is 9.61. The van der Waals surface area contributed by atoms with Crippen LogP contribution < -0.4 is 15.8 Å². The van der Waals surface area contributed by atoms with Crippen LogP contribution in [0.1, 0.15) is 12.5 Å². The highest BCUT2D eigenvalue weighted by atomic mass is 32.1. The number of anilines is 3. The van der Waals surface area contributed by atoms with Crippen LogP contribution in [0.4, 0.5) is 16.7 Å². The van der Waals surface area contributed by atoms with Crippen LogP contribution >= 0.6 is 11.3 Å². The van der Waals surface area contributed by atoms with E-state index in [9.17, 15) is 0 Å². The summed E-state index contributed by atoms with van der Waals surface area (Å²) in [7, 11) is 0. The van der Waals surface area contributed by atoms with Gasteiger partial charge in [-0.3, -0.25) is 0 Å². The van der Waals surface area contributed by atoms with Gasteiger partial charge in [-0.05, 0) is 50.2 Å². The van der Waals surface area contributed by atoms with Gasteiger partial charge in [0, 0.05) is 11.3 Å². The topological polar surface area (TPSA) is 99.1 Å². The standard InChI is InChI=1S/C20H19N5O2S/c1-3-26-15-10-8-14(9-11-15)22-20-25-24-19(28-20)16-17(21)27-18(23-16)13-6-4-12(2)5-7-13/h4-11H,3,21H2,1-2H3,(H,22,25). The molecule has 0 saturated carbocycles. The third kappa shape index (κ3) is 3.81. The average molecular weight is 393 g/mol. The highest BCUT2D eigenvalue weighted by Crippen LogP contribution is 2.34. The molecule has 0 radical (unpaired) electrons. The Balaban J connectivity index is 1.53. The number of nitrogens with two attached hydrogens (primary N) is 1. The summed E-state index contributed by atoms with van der Waals surface area (Å²) in [5.41, 5.74) is 9.43. The smallest absolute Gasteiger partial charge is 0.229 e. The lowest BCUT2D eigenvalue weighted by Gasteiger charge is -2.04. The first-order valence-electron chi connectivity index (χ1n) is 8.79. The number of hydrogen-bond acceptors (Lipinski definition) is 8. The van der Waals surface area contributed by atoms with Crippen LogP contribution in [0.25, 0.3) is 22.2 Å². The summed E-state index contributed by atoms with van der Waals surface area (Å²) in [4.78, 5) is 4.50. The Labute approximate surface area is 166 Å². The molecule has 0 aliphatic heterocycles. The van der Waals surface area contributed by atoms with Gasteiger partial charge in [0.05, 0.1) is 6.61 Å². The Morgan fingerprint density at radius 1 is 1.07 bits per heavy atom. The van der Waals surface area contributed by atoms with Gasteiger partial charge in [-0.1, -0.05) is 29.0 Å². The highest BCUT2D eigenvalue weighted by molar-refractivity contribution is 7.18.